The molecule has 2 fully saturated rings. The van der Waals surface area contributed by atoms with Gasteiger partial charge in [-0.1, -0.05) is 18.2 Å². The molecule has 3 aromatic rings. The van der Waals surface area contributed by atoms with Crippen molar-refractivity contribution < 1.29 is 38.4 Å². The minimum Gasteiger partial charge on any atom is -0.493 e. The monoisotopic (exact) mass is 564 g/mol. The number of carbonyl (C=O) groups is 2. The van der Waals surface area contributed by atoms with Crippen molar-refractivity contribution in [3.63, 3.8) is 0 Å². The van der Waals surface area contributed by atoms with E-state index in [0.29, 0.717) is 30.1 Å². The molecule has 3 aliphatic rings. The van der Waals surface area contributed by atoms with Crippen LogP contribution in [-0.4, -0.2) is 80.7 Å². The van der Waals surface area contributed by atoms with E-state index in [2.05, 4.69) is 28.1 Å². The molecule has 41 heavy (non-hydrogen) atoms. The van der Waals surface area contributed by atoms with Gasteiger partial charge >= 0.3 is 11.9 Å². The molecule has 0 bridgehead atoms. The first-order valence-corrected chi connectivity index (χ1v) is 14.0. The summed E-state index contributed by atoms with van der Waals surface area (Å²) >= 11 is 0. The van der Waals surface area contributed by atoms with Gasteiger partial charge in [0.2, 0.25) is 5.75 Å². The van der Waals surface area contributed by atoms with Crippen molar-refractivity contribution in [2.24, 2.45) is 17.8 Å². The summed E-state index contributed by atoms with van der Waals surface area (Å²) in [6.45, 7) is 1.65. The predicted molar refractivity (Wildman–Crippen MR) is 149 cm³/mol. The number of esters is 2. The third kappa shape index (κ3) is 4.59. The molecular weight excluding hydrogens is 528 g/mol. The summed E-state index contributed by atoms with van der Waals surface area (Å²) in [4.78, 5) is 32.6. The maximum absolute atomic E-state index is 13.3. The predicted octanol–water partition coefficient (Wildman–Crippen LogP) is 3.51. The first-order chi connectivity index (χ1) is 19.9. The normalized spacial score (nSPS) is 27.2. The van der Waals surface area contributed by atoms with Gasteiger partial charge in [-0.15, -0.1) is 0 Å². The van der Waals surface area contributed by atoms with E-state index in [0.717, 1.165) is 25.0 Å². The van der Waals surface area contributed by atoms with Crippen LogP contribution in [0.25, 0.3) is 10.9 Å². The summed E-state index contributed by atoms with van der Waals surface area (Å²) in [5.74, 6) is -1.03. The van der Waals surface area contributed by atoms with E-state index < -0.39 is 30.1 Å². The fraction of sp³-hybridized carbons (Fsp3) is 0.484. The number of para-hydroxylation sites is 1. The average Bonchev–Trinajstić information content (AvgIpc) is 3.38. The van der Waals surface area contributed by atoms with E-state index in [4.69, 9.17) is 23.7 Å². The van der Waals surface area contributed by atoms with Gasteiger partial charge in [-0.3, -0.25) is 9.69 Å². The highest BCUT2D eigenvalue weighted by Gasteiger charge is 2.53. The number of H-pyrrole nitrogens is 1. The van der Waals surface area contributed by atoms with Crippen LogP contribution in [0.2, 0.25) is 0 Å². The van der Waals surface area contributed by atoms with Crippen LogP contribution in [0.5, 0.6) is 17.2 Å². The number of hydrogen-bond donors (Lipinski definition) is 2. The van der Waals surface area contributed by atoms with Gasteiger partial charge in [-0.25, -0.2) is 4.79 Å². The smallest absolute Gasteiger partial charge is 0.338 e. The number of ether oxygens (including phenoxy) is 5. The molecule has 1 aliphatic carbocycles. The van der Waals surface area contributed by atoms with Crippen molar-refractivity contribution in [2.45, 2.75) is 37.5 Å². The summed E-state index contributed by atoms with van der Waals surface area (Å²) in [7, 11) is 5.75. The van der Waals surface area contributed by atoms with Crippen LogP contribution in [0.4, 0.5) is 0 Å². The topological polar surface area (TPSA) is 120 Å². The molecule has 6 atom stereocenters. The number of nitrogens with zero attached hydrogens (tertiary/aromatic N) is 1. The van der Waals surface area contributed by atoms with Crippen LogP contribution in [0, 0.1) is 17.8 Å². The van der Waals surface area contributed by atoms with Crippen LogP contribution in [0.3, 0.4) is 0 Å². The van der Waals surface area contributed by atoms with Gasteiger partial charge in [0.15, 0.2) is 11.5 Å². The number of benzene rings is 2. The number of rotatable bonds is 6. The zero-order chi connectivity index (χ0) is 28.8. The molecule has 6 rings (SSSR count). The standard InChI is InChI=1S/C31H36N2O8/c1-37-24-11-16(12-25(38-2)29(24)39-3)30(35)41-23-13-17-15-33-10-9-19-18-7-5-6-8-21(18)32-27(19)22(33)14-20(17)26(28(23)34)31(36)40-4/h5-8,11-12,17,20,22-23,26,28,32,34H,9-10,13-15H2,1-4H3/t17-,20-,22-,23-,26+,28+/m1/s1. The van der Waals surface area contributed by atoms with E-state index in [1.165, 1.54) is 57.2 Å². The second-order valence-corrected chi connectivity index (χ2v) is 11.1. The molecule has 2 N–H and O–H groups in total. The first-order valence-electron chi connectivity index (χ1n) is 14.0. The number of piperidine rings is 1. The maximum Gasteiger partial charge on any atom is 0.338 e. The Balaban J connectivity index is 1.27. The second-order valence-electron chi connectivity index (χ2n) is 11.1. The van der Waals surface area contributed by atoms with Gasteiger partial charge < -0.3 is 33.8 Å². The molecule has 0 spiro atoms. The molecule has 1 saturated heterocycles. The molecule has 0 unspecified atom stereocenters. The molecular formula is C31H36N2O8. The Morgan fingerprint density at radius 2 is 1.73 bits per heavy atom. The molecule has 0 radical (unpaired) electrons. The van der Waals surface area contributed by atoms with Gasteiger partial charge in [-0.05, 0) is 54.9 Å². The summed E-state index contributed by atoms with van der Waals surface area (Å²) in [6.07, 6.45) is 0.00659. The first kappa shape index (κ1) is 27.4. The Bertz CT molecular complexity index is 1440. The van der Waals surface area contributed by atoms with Gasteiger partial charge in [0, 0.05) is 29.7 Å². The molecule has 10 heteroatoms. The van der Waals surface area contributed by atoms with Crippen molar-refractivity contribution in [3.05, 3.63) is 53.2 Å². The van der Waals surface area contributed by atoms with Gasteiger partial charge in [0.05, 0.1) is 46.0 Å². The van der Waals surface area contributed by atoms with E-state index in [1.807, 2.05) is 6.07 Å². The lowest BCUT2D eigenvalue weighted by molar-refractivity contribution is -0.172. The fourth-order valence-corrected chi connectivity index (χ4v) is 7.32. The van der Waals surface area contributed by atoms with Crippen molar-refractivity contribution in [1.82, 2.24) is 9.88 Å². The van der Waals surface area contributed by atoms with Crippen molar-refractivity contribution in [2.75, 3.05) is 41.5 Å². The number of carbonyl (C=O) groups excluding carboxylic acids is 2. The lowest BCUT2D eigenvalue weighted by atomic mass is 9.64. The number of hydrogen-bond acceptors (Lipinski definition) is 9. The Morgan fingerprint density at radius 3 is 2.41 bits per heavy atom. The van der Waals surface area contributed by atoms with E-state index in [9.17, 15) is 14.7 Å². The largest absolute Gasteiger partial charge is 0.493 e. The van der Waals surface area contributed by atoms with Crippen LogP contribution >= 0.6 is 0 Å². The number of nitrogens with one attached hydrogen (secondary N) is 1. The summed E-state index contributed by atoms with van der Waals surface area (Å²) in [6, 6.07) is 11.5. The summed E-state index contributed by atoms with van der Waals surface area (Å²) in [5, 5.41) is 12.7. The van der Waals surface area contributed by atoms with Gasteiger partial charge in [0.1, 0.15) is 12.2 Å². The quantitative estimate of drug-likeness (QED) is 0.434. The van der Waals surface area contributed by atoms with E-state index in [1.54, 1.807) is 0 Å². The van der Waals surface area contributed by atoms with E-state index in [-0.39, 0.29) is 23.4 Å². The minimum absolute atomic E-state index is 0.0439. The Hall–Kier alpha value is -3.76. The molecule has 2 aliphatic heterocycles. The fourth-order valence-electron chi connectivity index (χ4n) is 7.32. The van der Waals surface area contributed by atoms with Crippen molar-refractivity contribution in [1.29, 1.82) is 0 Å². The van der Waals surface area contributed by atoms with Gasteiger partial charge in [-0.2, -0.15) is 0 Å². The highest BCUT2D eigenvalue weighted by molar-refractivity contribution is 5.91. The lowest BCUT2D eigenvalue weighted by Crippen LogP contribution is -2.58. The molecule has 0 amide bonds. The van der Waals surface area contributed by atoms with Crippen molar-refractivity contribution >= 4 is 22.8 Å². The van der Waals surface area contributed by atoms with E-state index >= 15 is 0 Å². The average molecular weight is 565 g/mol. The molecule has 10 nitrogen and oxygen atoms in total. The number of aromatic amines is 1. The van der Waals surface area contributed by atoms with Crippen molar-refractivity contribution in [3.8, 4) is 17.2 Å². The SMILES string of the molecule is COC(=O)[C@@H]1[C@@H](O)[C@H](OC(=O)c2cc(OC)c(OC)c(OC)c2)C[C@@H]2CN3CCc4c([nH]c5ccccc45)[C@H]3C[C@H]21. The zero-order valence-electron chi connectivity index (χ0n) is 23.7. The van der Waals surface area contributed by atoms with Gasteiger partial charge in [0.25, 0.3) is 0 Å². The Labute approximate surface area is 238 Å². The number of aromatic nitrogens is 1. The van der Waals surface area contributed by atoms with Crippen LogP contribution in [0.1, 0.15) is 40.5 Å². The molecule has 1 aromatic heterocycles. The zero-order valence-corrected chi connectivity index (χ0v) is 23.7. The third-order valence-electron chi connectivity index (χ3n) is 9.22. The van der Waals surface area contributed by atoms with Crippen LogP contribution in [-0.2, 0) is 20.7 Å². The third-order valence-corrected chi connectivity index (χ3v) is 9.22. The lowest BCUT2D eigenvalue weighted by Gasteiger charge is -2.52. The number of aliphatic hydroxyl groups is 1. The number of fused-ring (bicyclic) bond motifs is 6. The number of methoxy groups -OCH3 is 4. The van der Waals surface area contributed by atoms with Crippen LogP contribution < -0.4 is 14.2 Å². The highest BCUT2D eigenvalue weighted by Crippen LogP contribution is 2.50. The summed E-state index contributed by atoms with van der Waals surface area (Å²) in [5.41, 5.74) is 3.84. The van der Waals surface area contributed by atoms with Crippen LogP contribution in [0.15, 0.2) is 36.4 Å². The maximum atomic E-state index is 13.3. The molecule has 1 saturated carbocycles. The number of aliphatic hydroxyl groups excluding tert-OH is 1. The second kappa shape index (κ2) is 10.9. The molecule has 218 valence electrons. The Morgan fingerprint density at radius 1 is 1.00 bits per heavy atom. The minimum atomic E-state index is -1.20. The molecule has 2 aromatic carbocycles. The molecule has 3 heterocycles. The Kier molecular flexibility index (Phi) is 7.29. The summed E-state index contributed by atoms with van der Waals surface area (Å²) < 4.78 is 27.2. The highest BCUT2D eigenvalue weighted by atomic mass is 16.6.